The van der Waals surface area contributed by atoms with E-state index in [0.29, 0.717) is 56.1 Å². The molecular formula is C22H32N4O4. The highest BCUT2D eigenvalue weighted by Gasteiger charge is 2.32. The number of rotatable bonds is 6. The van der Waals surface area contributed by atoms with Crippen LogP contribution in [0.15, 0.2) is 24.3 Å². The Hall–Kier alpha value is -2.16. The Labute approximate surface area is 177 Å². The van der Waals surface area contributed by atoms with Crippen LogP contribution in [-0.4, -0.2) is 86.9 Å². The monoisotopic (exact) mass is 416 g/mol. The van der Waals surface area contributed by atoms with Crippen molar-refractivity contribution in [2.24, 2.45) is 5.92 Å². The molecule has 8 heteroatoms. The van der Waals surface area contributed by atoms with Gasteiger partial charge in [-0.05, 0) is 56.6 Å². The Balaban J connectivity index is 1.28. The second-order valence-electron chi connectivity index (χ2n) is 8.25. The van der Waals surface area contributed by atoms with E-state index in [9.17, 15) is 9.59 Å². The first-order chi connectivity index (χ1) is 14.7. The number of nitrogens with one attached hydrogen (secondary N) is 2. The maximum absolute atomic E-state index is 12.5. The van der Waals surface area contributed by atoms with Gasteiger partial charge in [0.25, 0.3) is 5.91 Å². The fraction of sp³-hybridized carbons (Fsp3) is 0.636. The van der Waals surface area contributed by atoms with E-state index >= 15 is 0 Å². The largest absolute Gasteiger partial charge is 0.381 e. The molecule has 30 heavy (non-hydrogen) atoms. The molecule has 0 aromatic heterocycles. The van der Waals surface area contributed by atoms with E-state index in [2.05, 4.69) is 15.5 Å². The maximum Gasteiger partial charge on any atom is 0.319 e. The van der Waals surface area contributed by atoms with E-state index < -0.39 is 0 Å². The summed E-state index contributed by atoms with van der Waals surface area (Å²) in [5, 5.41) is 5.92. The van der Waals surface area contributed by atoms with Crippen molar-refractivity contribution in [3.05, 3.63) is 29.8 Å². The lowest BCUT2D eigenvalue weighted by Gasteiger charge is -2.32. The lowest BCUT2D eigenvalue weighted by Crippen LogP contribution is -2.48. The number of carbonyl (C=O) groups is 2. The van der Waals surface area contributed by atoms with Gasteiger partial charge in [0.15, 0.2) is 0 Å². The van der Waals surface area contributed by atoms with Gasteiger partial charge in [0.05, 0.1) is 19.8 Å². The fourth-order valence-corrected chi connectivity index (χ4v) is 4.54. The van der Waals surface area contributed by atoms with Crippen LogP contribution < -0.4 is 10.6 Å². The third kappa shape index (κ3) is 5.30. The van der Waals surface area contributed by atoms with Crippen molar-refractivity contribution in [1.82, 2.24) is 15.1 Å². The first-order valence-electron chi connectivity index (χ1n) is 11.0. The van der Waals surface area contributed by atoms with E-state index in [1.807, 2.05) is 0 Å². The molecule has 3 aliphatic rings. The lowest BCUT2D eigenvalue weighted by molar-refractivity contribution is 0.0303. The highest BCUT2D eigenvalue weighted by molar-refractivity contribution is 5.95. The number of urea groups is 1. The van der Waals surface area contributed by atoms with Crippen LogP contribution in [0.4, 0.5) is 10.5 Å². The summed E-state index contributed by atoms with van der Waals surface area (Å²) in [6, 6.07) is 7.18. The molecule has 3 amide bonds. The Morgan fingerprint density at radius 3 is 2.40 bits per heavy atom. The quantitative estimate of drug-likeness (QED) is 0.739. The van der Waals surface area contributed by atoms with Crippen molar-refractivity contribution in [1.29, 1.82) is 0 Å². The number of ether oxygens (including phenoxy) is 2. The molecule has 0 unspecified atom stereocenters. The average Bonchev–Trinajstić information content (AvgIpc) is 3.50. The number of hydrogen-bond acceptors (Lipinski definition) is 5. The third-order valence-corrected chi connectivity index (χ3v) is 6.28. The number of hydrogen-bond donors (Lipinski definition) is 2. The number of benzene rings is 1. The predicted octanol–water partition coefficient (Wildman–Crippen LogP) is 1.78. The normalized spacial score (nSPS) is 23.3. The van der Waals surface area contributed by atoms with Gasteiger partial charge in [-0.3, -0.25) is 9.69 Å². The summed E-state index contributed by atoms with van der Waals surface area (Å²) >= 11 is 0. The Morgan fingerprint density at radius 1 is 1.00 bits per heavy atom. The van der Waals surface area contributed by atoms with Crippen molar-refractivity contribution in [2.75, 3.05) is 64.5 Å². The van der Waals surface area contributed by atoms with Crippen LogP contribution in [0, 0.1) is 5.92 Å². The Kier molecular flexibility index (Phi) is 7.20. The van der Waals surface area contributed by atoms with Gasteiger partial charge in [-0.2, -0.15) is 0 Å². The van der Waals surface area contributed by atoms with Crippen LogP contribution in [0.2, 0.25) is 0 Å². The highest BCUT2D eigenvalue weighted by Crippen LogP contribution is 2.24. The van der Waals surface area contributed by atoms with Crippen molar-refractivity contribution >= 4 is 17.6 Å². The van der Waals surface area contributed by atoms with Gasteiger partial charge in [-0.15, -0.1) is 0 Å². The molecule has 8 nitrogen and oxygen atoms in total. The summed E-state index contributed by atoms with van der Waals surface area (Å²) in [5.41, 5.74) is 1.30. The molecule has 1 aromatic rings. The van der Waals surface area contributed by atoms with Gasteiger partial charge in [-0.25, -0.2) is 4.79 Å². The summed E-state index contributed by atoms with van der Waals surface area (Å²) in [7, 11) is 0. The van der Waals surface area contributed by atoms with Crippen LogP contribution in [0.25, 0.3) is 0 Å². The second-order valence-corrected chi connectivity index (χ2v) is 8.25. The molecule has 164 valence electrons. The Morgan fingerprint density at radius 2 is 1.73 bits per heavy atom. The van der Waals surface area contributed by atoms with Crippen molar-refractivity contribution in [2.45, 2.75) is 25.3 Å². The molecule has 1 aromatic carbocycles. The Bertz CT molecular complexity index is 692. The third-order valence-electron chi connectivity index (χ3n) is 6.28. The fourth-order valence-electron chi connectivity index (χ4n) is 4.54. The SMILES string of the molecule is O=C(NC[C@H]([C@@H]1CCOC1)N1CCCC1)Nc1ccc(C(=O)N2CCOCC2)cc1. The first-order valence-corrected chi connectivity index (χ1v) is 11.0. The number of carbonyl (C=O) groups excluding carboxylic acids is 2. The molecule has 2 N–H and O–H groups in total. The van der Waals surface area contributed by atoms with E-state index in [0.717, 1.165) is 32.7 Å². The van der Waals surface area contributed by atoms with Gasteiger partial charge < -0.3 is 25.0 Å². The molecule has 3 fully saturated rings. The van der Waals surface area contributed by atoms with Crippen molar-refractivity contribution in [3.8, 4) is 0 Å². The standard InChI is InChI=1S/C22H32N4O4/c27-21(26-10-13-29-14-11-26)17-3-5-19(6-4-17)24-22(28)23-15-20(18-7-12-30-16-18)25-8-1-2-9-25/h3-6,18,20H,1-2,7-16H2,(H2,23,24,28)/t18-,20-/m1/s1. The van der Waals surface area contributed by atoms with Gasteiger partial charge in [0.2, 0.25) is 0 Å². The van der Waals surface area contributed by atoms with Gasteiger partial charge in [0, 0.05) is 49.5 Å². The molecule has 3 aliphatic heterocycles. The molecular weight excluding hydrogens is 384 g/mol. The van der Waals surface area contributed by atoms with Gasteiger partial charge in [-0.1, -0.05) is 0 Å². The maximum atomic E-state index is 12.5. The van der Waals surface area contributed by atoms with Crippen LogP contribution in [0.5, 0.6) is 0 Å². The number of amides is 3. The molecule has 3 heterocycles. The molecule has 2 atom stereocenters. The van der Waals surface area contributed by atoms with Crippen LogP contribution in [-0.2, 0) is 9.47 Å². The minimum Gasteiger partial charge on any atom is -0.381 e. The number of morpholine rings is 1. The minimum absolute atomic E-state index is 0.00143. The number of anilines is 1. The zero-order valence-electron chi connectivity index (χ0n) is 17.5. The van der Waals surface area contributed by atoms with Crippen molar-refractivity contribution in [3.63, 3.8) is 0 Å². The van der Waals surface area contributed by atoms with Gasteiger partial charge >= 0.3 is 6.03 Å². The van der Waals surface area contributed by atoms with Crippen LogP contribution in [0.1, 0.15) is 29.6 Å². The molecule has 0 saturated carbocycles. The van der Waals surface area contributed by atoms with E-state index in [1.54, 1.807) is 29.2 Å². The topological polar surface area (TPSA) is 83.1 Å². The van der Waals surface area contributed by atoms with Crippen molar-refractivity contribution < 1.29 is 19.1 Å². The smallest absolute Gasteiger partial charge is 0.319 e. The average molecular weight is 417 g/mol. The zero-order chi connectivity index (χ0) is 20.8. The second kappa shape index (κ2) is 10.2. The van der Waals surface area contributed by atoms with Crippen LogP contribution >= 0.6 is 0 Å². The number of likely N-dealkylation sites (tertiary alicyclic amines) is 1. The predicted molar refractivity (Wildman–Crippen MR) is 114 cm³/mol. The molecule has 3 saturated heterocycles. The summed E-state index contributed by atoms with van der Waals surface area (Å²) in [6.07, 6.45) is 3.51. The van der Waals surface area contributed by atoms with Gasteiger partial charge in [0.1, 0.15) is 0 Å². The molecule has 0 spiro atoms. The van der Waals surface area contributed by atoms with Crippen LogP contribution in [0.3, 0.4) is 0 Å². The summed E-state index contributed by atoms with van der Waals surface area (Å²) in [4.78, 5) is 29.3. The molecule has 0 bridgehead atoms. The molecule has 0 radical (unpaired) electrons. The summed E-state index contributed by atoms with van der Waals surface area (Å²) < 4.78 is 10.9. The molecule has 4 rings (SSSR count). The van der Waals surface area contributed by atoms with E-state index in [-0.39, 0.29) is 11.9 Å². The van der Waals surface area contributed by atoms with E-state index in [1.165, 1.54) is 12.8 Å². The number of nitrogens with zero attached hydrogens (tertiary/aromatic N) is 2. The zero-order valence-corrected chi connectivity index (χ0v) is 17.5. The molecule has 0 aliphatic carbocycles. The summed E-state index contributed by atoms with van der Waals surface area (Å²) in [5.74, 6) is 0.482. The lowest BCUT2D eigenvalue weighted by atomic mass is 9.97. The summed E-state index contributed by atoms with van der Waals surface area (Å²) in [6.45, 7) is 6.81. The highest BCUT2D eigenvalue weighted by atomic mass is 16.5. The minimum atomic E-state index is -0.217. The first kappa shape index (κ1) is 21.1. The van der Waals surface area contributed by atoms with E-state index in [4.69, 9.17) is 9.47 Å².